The van der Waals surface area contributed by atoms with Gasteiger partial charge in [0.05, 0.1) is 0 Å². The van der Waals surface area contributed by atoms with Crippen molar-refractivity contribution in [2.75, 3.05) is 5.73 Å². The first-order valence-electron chi connectivity index (χ1n) is 4.36. The van der Waals surface area contributed by atoms with Gasteiger partial charge in [-0.15, -0.1) is 0 Å². The number of halogens is 1. The Morgan fingerprint density at radius 2 is 2.21 bits per heavy atom. The molecule has 0 aliphatic carbocycles. The first-order valence-corrected chi connectivity index (χ1v) is 5.15. The lowest BCUT2D eigenvalue weighted by Crippen LogP contribution is -1.99. The van der Waals surface area contributed by atoms with E-state index in [9.17, 15) is 4.79 Å². The van der Waals surface area contributed by atoms with Gasteiger partial charge in [0, 0.05) is 16.6 Å². The number of benzene rings is 1. The van der Waals surface area contributed by atoms with E-state index in [2.05, 4.69) is 15.9 Å². The maximum absolute atomic E-state index is 10.3. The second kappa shape index (κ2) is 5.00. The molecule has 1 aromatic rings. The van der Waals surface area contributed by atoms with Crippen LogP contribution in [0.3, 0.4) is 0 Å². The molecule has 0 spiro atoms. The van der Waals surface area contributed by atoms with Gasteiger partial charge in [-0.2, -0.15) is 0 Å². The third-order valence-corrected chi connectivity index (χ3v) is 2.72. The molecule has 0 aromatic heterocycles. The molecule has 4 heteroatoms. The van der Waals surface area contributed by atoms with Crippen LogP contribution >= 0.6 is 15.9 Å². The second-order valence-electron chi connectivity index (χ2n) is 3.05. The SMILES string of the molecule is Nc1cccc(Br)c1CCCC(=O)O. The highest BCUT2D eigenvalue weighted by atomic mass is 79.9. The van der Waals surface area contributed by atoms with Crippen molar-refractivity contribution in [1.82, 2.24) is 0 Å². The summed E-state index contributed by atoms with van der Waals surface area (Å²) >= 11 is 3.39. The van der Waals surface area contributed by atoms with Crippen LogP contribution in [0.5, 0.6) is 0 Å². The average molecular weight is 258 g/mol. The van der Waals surface area contributed by atoms with Crippen LogP contribution in [0.1, 0.15) is 18.4 Å². The number of nitrogens with two attached hydrogens (primary N) is 1. The largest absolute Gasteiger partial charge is 0.481 e. The van der Waals surface area contributed by atoms with Gasteiger partial charge in [-0.3, -0.25) is 4.79 Å². The summed E-state index contributed by atoms with van der Waals surface area (Å²) in [5.41, 5.74) is 7.47. The van der Waals surface area contributed by atoms with E-state index in [-0.39, 0.29) is 6.42 Å². The normalized spacial score (nSPS) is 10.1. The quantitative estimate of drug-likeness (QED) is 0.815. The summed E-state index contributed by atoms with van der Waals surface area (Å²) in [7, 11) is 0. The smallest absolute Gasteiger partial charge is 0.303 e. The maximum Gasteiger partial charge on any atom is 0.303 e. The van der Waals surface area contributed by atoms with E-state index in [1.54, 1.807) is 0 Å². The molecule has 1 rings (SSSR count). The number of nitrogen functional groups attached to an aromatic ring is 1. The molecule has 1 aromatic carbocycles. The standard InChI is InChI=1S/C10H12BrNO2/c11-8-4-2-5-9(12)7(8)3-1-6-10(13)14/h2,4-5H,1,3,6,12H2,(H,13,14). The van der Waals surface area contributed by atoms with Gasteiger partial charge in [0.25, 0.3) is 0 Å². The number of carboxylic acids is 1. The molecule has 0 amide bonds. The summed E-state index contributed by atoms with van der Waals surface area (Å²) in [6, 6.07) is 5.59. The van der Waals surface area contributed by atoms with Gasteiger partial charge in [-0.05, 0) is 30.5 Å². The van der Waals surface area contributed by atoms with Gasteiger partial charge in [-0.1, -0.05) is 22.0 Å². The summed E-state index contributed by atoms with van der Waals surface area (Å²) in [6.45, 7) is 0. The first-order chi connectivity index (χ1) is 6.61. The Morgan fingerprint density at radius 3 is 2.79 bits per heavy atom. The van der Waals surface area contributed by atoms with Crippen molar-refractivity contribution < 1.29 is 9.90 Å². The van der Waals surface area contributed by atoms with Gasteiger partial charge in [0.2, 0.25) is 0 Å². The van der Waals surface area contributed by atoms with Crippen molar-refractivity contribution in [2.24, 2.45) is 0 Å². The Hall–Kier alpha value is -1.03. The third-order valence-electron chi connectivity index (χ3n) is 1.97. The van der Waals surface area contributed by atoms with Gasteiger partial charge in [0.1, 0.15) is 0 Å². The third kappa shape index (κ3) is 3.03. The number of hydrogen-bond donors (Lipinski definition) is 2. The molecule has 3 N–H and O–H groups in total. The molecular formula is C10H12BrNO2. The predicted molar refractivity (Wildman–Crippen MR) is 59.1 cm³/mol. The lowest BCUT2D eigenvalue weighted by atomic mass is 10.1. The van der Waals surface area contributed by atoms with Crippen molar-refractivity contribution >= 4 is 27.6 Å². The van der Waals surface area contributed by atoms with E-state index in [4.69, 9.17) is 10.8 Å². The van der Waals surface area contributed by atoms with Gasteiger partial charge in [-0.25, -0.2) is 0 Å². The molecule has 0 aliphatic heterocycles. The highest BCUT2D eigenvalue weighted by molar-refractivity contribution is 9.10. The van der Waals surface area contributed by atoms with Crippen LogP contribution in [0, 0.1) is 0 Å². The molecule has 14 heavy (non-hydrogen) atoms. The predicted octanol–water partition coefficient (Wildman–Crippen LogP) is 2.44. The topological polar surface area (TPSA) is 63.3 Å². The number of anilines is 1. The van der Waals surface area contributed by atoms with E-state index < -0.39 is 5.97 Å². The van der Waals surface area contributed by atoms with Crippen molar-refractivity contribution in [3.63, 3.8) is 0 Å². The minimum atomic E-state index is -0.768. The Balaban J connectivity index is 2.62. The molecule has 0 aliphatic rings. The fourth-order valence-corrected chi connectivity index (χ4v) is 1.84. The summed E-state index contributed by atoms with van der Waals surface area (Å²) in [5, 5.41) is 8.49. The van der Waals surface area contributed by atoms with Crippen LogP contribution in [-0.4, -0.2) is 11.1 Å². The molecule has 0 unspecified atom stereocenters. The lowest BCUT2D eigenvalue weighted by Gasteiger charge is -2.06. The van der Waals surface area contributed by atoms with E-state index in [1.807, 2.05) is 18.2 Å². The molecular weight excluding hydrogens is 246 g/mol. The van der Waals surface area contributed by atoms with Crippen molar-refractivity contribution in [1.29, 1.82) is 0 Å². The molecule has 0 atom stereocenters. The number of carbonyl (C=O) groups is 1. The maximum atomic E-state index is 10.3. The van der Waals surface area contributed by atoms with Crippen molar-refractivity contribution in [3.05, 3.63) is 28.2 Å². The average Bonchev–Trinajstić information content (AvgIpc) is 2.09. The molecule has 0 bridgehead atoms. The molecule has 0 heterocycles. The second-order valence-corrected chi connectivity index (χ2v) is 3.91. The van der Waals surface area contributed by atoms with Crippen LogP contribution in [0.15, 0.2) is 22.7 Å². The molecule has 0 saturated heterocycles. The zero-order chi connectivity index (χ0) is 10.6. The minimum absolute atomic E-state index is 0.181. The van der Waals surface area contributed by atoms with E-state index in [0.717, 1.165) is 10.0 Å². The number of aliphatic carboxylic acids is 1. The first kappa shape index (κ1) is 11.0. The molecule has 0 saturated carbocycles. The molecule has 3 nitrogen and oxygen atoms in total. The summed E-state index contributed by atoms with van der Waals surface area (Å²) in [5.74, 6) is -0.768. The number of hydrogen-bond acceptors (Lipinski definition) is 2. The summed E-state index contributed by atoms with van der Waals surface area (Å²) in [6.07, 6.45) is 1.49. The number of rotatable bonds is 4. The fourth-order valence-electron chi connectivity index (χ4n) is 1.26. The van der Waals surface area contributed by atoms with Crippen LogP contribution in [-0.2, 0) is 11.2 Å². The van der Waals surface area contributed by atoms with Crippen LogP contribution in [0.2, 0.25) is 0 Å². The van der Waals surface area contributed by atoms with Gasteiger partial charge in [0.15, 0.2) is 0 Å². The zero-order valence-electron chi connectivity index (χ0n) is 7.66. The van der Waals surface area contributed by atoms with Crippen molar-refractivity contribution in [2.45, 2.75) is 19.3 Å². The van der Waals surface area contributed by atoms with E-state index >= 15 is 0 Å². The molecule has 76 valence electrons. The van der Waals surface area contributed by atoms with Gasteiger partial charge < -0.3 is 10.8 Å². The Labute approximate surface area is 91.1 Å². The number of carboxylic acid groups (broad SMARTS) is 1. The lowest BCUT2D eigenvalue weighted by molar-refractivity contribution is -0.137. The molecule has 0 radical (unpaired) electrons. The van der Waals surface area contributed by atoms with Crippen LogP contribution in [0.25, 0.3) is 0 Å². The van der Waals surface area contributed by atoms with Crippen molar-refractivity contribution in [3.8, 4) is 0 Å². The minimum Gasteiger partial charge on any atom is -0.481 e. The summed E-state index contributed by atoms with van der Waals surface area (Å²) in [4.78, 5) is 10.3. The Kier molecular flexibility index (Phi) is 3.95. The fraction of sp³-hybridized carbons (Fsp3) is 0.300. The zero-order valence-corrected chi connectivity index (χ0v) is 9.25. The van der Waals surface area contributed by atoms with Crippen LogP contribution < -0.4 is 5.73 Å². The van der Waals surface area contributed by atoms with Crippen LogP contribution in [0.4, 0.5) is 5.69 Å². The monoisotopic (exact) mass is 257 g/mol. The Bertz CT molecular complexity index is 319. The Morgan fingerprint density at radius 1 is 1.50 bits per heavy atom. The molecule has 0 fully saturated rings. The summed E-state index contributed by atoms with van der Waals surface area (Å²) < 4.78 is 0.947. The van der Waals surface area contributed by atoms with E-state index in [1.165, 1.54) is 0 Å². The van der Waals surface area contributed by atoms with E-state index in [0.29, 0.717) is 18.5 Å². The highest BCUT2D eigenvalue weighted by Gasteiger charge is 2.04. The highest BCUT2D eigenvalue weighted by Crippen LogP contribution is 2.24. The van der Waals surface area contributed by atoms with Gasteiger partial charge >= 0.3 is 5.97 Å².